The van der Waals surface area contributed by atoms with Gasteiger partial charge in [-0.05, 0) is 0 Å². The highest BCUT2D eigenvalue weighted by molar-refractivity contribution is 5.73. The number of carbonyl (C=O) groups excluding carboxylic acids is 1. The maximum absolute atomic E-state index is 11.0. The van der Waals surface area contributed by atoms with Gasteiger partial charge in [-0.2, -0.15) is 0 Å². The van der Waals surface area contributed by atoms with Crippen LogP contribution >= 0.6 is 0 Å². The first-order valence-corrected chi connectivity index (χ1v) is 4.20. The minimum absolute atomic E-state index is 0.118. The number of hydrogen-bond acceptors (Lipinski definition) is 4. The molecular formula is C8H15NO4. The zero-order valence-corrected chi connectivity index (χ0v) is 7.80. The van der Waals surface area contributed by atoms with E-state index in [4.69, 9.17) is 4.74 Å². The lowest BCUT2D eigenvalue weighted by atomic mass is 10.0. The largest absolute Gasteiger partial charge is 0.388 e. The maximum atomic E-state index is 11.0. The molecule has 0 radical (unpaired) electrons. The fourth-order valence-electron chi connectivity index (χ4n) is 1.45. The van der Waals surface area contributed by atoms with E-state index in [9.17, 15) is 15.0 Å². The number of amides is 1. The molecule has 5 nitrogen and oxygen atoms in total. The minimum atomic E-state index is -0.914. The van der Waals surface area contributed by atoms with Crippen molar-refractivity contribution in [2.45, 2.75) is 25.2 Å². The Bertz CT molecular complexity index is 197. The van der Waals surface area contributed by atoms with Crippen molar-refractivity contribution in [3.05, 3.63) is 0 Å². The standard InChI is InChI=1S/C8H15NO4/c1-5(10)9-3-6(11)8(12)7(4-9)13-2/h6-8,11-12H,3-4H2,1-2H3/t6-,7-,8-/m1/s1. The number of ether oxygens (including phenoxy) is 1. The molecule has 5 heteroatoms. The first-order valence-electron chi connectivity index (χ1n) is 4.20. The molecule has 0 spiro atoms. The molecule has 1 heterocycles. The van der Waals surface area contributed by atoms with Crippen molar-refractivity contribution in [3.8, 4) is 0 Å². The van der Waals surface area contributed by atoms with Gasteiger partial charge in [0.15, 0.2) is 0 Å². The Labute approximate surface area is 76.9 Å². The molecule has 1 rings (SSSR count). The van der Waals surface area contributed by atoms with E-state index in [2.05, 4.69) is 0 Å². The van der Waals surface area contributed by atoms with Crippen molar-refractivity contribution >= 4 is 5.91 Å². The van der Waals surface area contributed by atoms with E-state index in [1.54, 1.807) is 0 Å². The highest BCUT2D eigenvalue weighted by atomic mass is 16.5. The predicted molar refractivity (Wildman–Crippen MR) is 45.1 cm³/mol. The van der Waals surface area contributed by atoms with Gasteiger partial charge in [0.2, 0.25) is 5.91 Å². The van der Waals surface area contributed by atoms with E-state index in [1.165, 1.54) is 18.9 Å². The minimum Gasteiger partial charge on any atom is -0.388 e. The summed E-state index contributed by atoms with van der Waals surface area (Å²) in [5, 5.41) is 18.8. The van der Waals surface area contributed by atoms with E-state index in [0.717, 1.165) is 0 Å². The highest BCUT2D eigenvalue weighted by Gasteiger charge is 2.35. The second-order valence-electron chi connectivity index (χ2n) is 3.26. The fourth-order valence-corrected chi connectivity index (χ4v) is 1.45. The van der Waals surface area contributed by atoms with Crippen LogP contribution in [-0.2, 0) is 9.53 Å². The maximum Gasteiger partial charge on any atom is 0.219 e. The molecular weight excluding hydrogens is 174 g/mol. The average molecular weight is 189 g/mol. The number of carbonyl (C=O) groups is 1. The lowest BCUT2D eigenvalue weighted by Crippen LogP contribution is -2.57. The van der Waals surface area contributed by atoms with Gasteiger partial charge in [-0.25, -0.2) is 0 Å². The van der Waals surface area contributed by atoms with Crippen molar-refractivity contribution in [2.75, 3.05) is 20.2 Å². The Balaban J connectivity index is 2.63. The van der Waals surface area contributed by atoms with Crippen molar-refractivity contribution in [3.63, 3.8) is 0 Å². The van der Waals surface area contributed by atoms with Gasteiger partial charge in [0.05, 0.1) is 0 Å². The van der Waals surface area contributed by atoms with Crippen LogP contribution in [-0.4, -0.2) is 59.5 Å². The summed E-state index contributed by atoms with van der Waals surface area (Å²) in [5.41, 5.74) is 0. The first-order chi connectivity index (χ1) is 6.06. The summed E-state index contributed by atoms with van der Waals surface area (Å²) in [4.78, 5) is 12.5. The summed E-state index contributed by atoms with van der Waals surface area (Å²) in [7, 11) is 1.45. The number of nitrogens with zero attached hydrogens (tertiary/aromatic N) is 1. The fraction of sp³-hybridized carbons (Fsp3) is 0.875. The molecule has 2 N–H and O–H groups in total. The summed E-state index contributed by atoms with van der Waals surface area (Å²) >= 11 is 0. The third kappa shape index (κ3) is 2.18. The van der Waals surface area contributed by atoms with Gasteiger partial charge < -0.3 is 19.8 Å². The smallest absolute Gasteiger partial charge is 0.219 e. The molecule has 0 aromatic carbocycles. The van der Waals surface area contributed by atoms with Crippen molar-refractivity contribution in [2.24, 2.45) is 0 Å². The topological polar surface area (TPSA) is 70.0 Å². The molecule has 0 unspecified atom stereocenters. The summed E-state index contributed by atoms with van der Waals surface area (Å²) in [6, 6.07) is 0. The van der Waals surface area contributed by atoms with E-state index in [-0.39, 0.29) is 12.5 Å². The van der Waals surface area contributed by atoms with Gasteiger partial charge in [0.1, 0.15) is 18.3 Å². The van der Waals surface area contributed by atoms with E-state index in [1.807, 2.05) is 0 Å². The zero-order chi connectivity index (χ0) is 10.0. The molecule has 13 heavy (non-hydrogen) atoms. The van der Waals surface area contributed by atoms with Gasteiger partial charge in [-0.15, -0.1) is 0 Å². The van der Waals surface area contributed by atoms with Crippen LogP contribution in [0.15, 0.2) is 0 Å². The Kier molecular flexibility index (Phi) is 3.24. The molecule has 0 aromatic heterocycles. The normalized spacial score (nSPS) is 34.8. The van der Waals surface area contributed by atoms with Crippen molar-refractivity contribution in [1.82, 2.24) is 4.90 Å². The van der Waals surface area contributed by atoms with Crippen LogP contribution in [0.5, 0.6) is 0 Å². The number of piperidine rings is 1. The summed E-state index contributed by atoms with van der Waals surface area (Å²) in [6.07, 6.45) is -2.31. The van der Waals surface area contributed by atoms with Crippen LogP contribution in [0.25, 0.3) is 0 Å². The summed E-state index contributed by atoms with van der Waals surface area (Å²) in [5.74, 6) is -0.118. The summed E-state index contributed by atoms with van der Waals surface area (Å²) < 4.78 is 4.95. The number of rotatable bonds is 1. The Morgan fingerprint density at radius 2 is 2.08 bits per heavy atom. The summed E-state index contributed by atoms with van der Waals surface area (Å²) in [6.45, 7) is 1.94. The average Bonchev–Trinajstić information content (AvgIpc) is 2.09. The number of aliphatic hydroxyl groups is 2. The number of hydrogen-bond donors (Lipinski definition) is 2. The molecule has 1 amide bonds. The molecule has 3 atom stereocenters. The molecule has 0 bridgehead atoms. The lowest BCUT2D eigenvalue weighted by molar-refractivity contribution is -0.150. The van der Waals surface area contributed by atoms with Gasteiger partial charge in [-0.1, -0.05) is 0 Å². The monoisotopic (exact) mass is 189 g/mol. The number of β-amino-alcohol motifs (C(OH)–C–C–N with tert-alkyl or cyclic N) is 1. The second kappa shape index (κ2) is 4.04. The Morgan fingerprint density at radius 1 is 1.46 bits per heavy atom. The van der Waals surface area contributed by atoms with Crippen LogP contribution in [0, 0.1) is 0 Å². The van der Waals surface area contributed by atoms with Crippen molar-refractivity contribution in [1.29, 1.82) is 0 Å². The third-order valence-corrected chi connectivity index (χ3v) is 2.33. The molecule has 0 aliphatic carbocycles. The molecule has 1 fully saturated rings. The quantitative estimate of drug-likeness (QED) is 0.531. The van der Waals surface area contributed by atoms with E-state index in [0.29, 0.717) is 6.54 Å². The van der Waals surface area contributed by atoms with E-state index < -0.39 is 18.3 Å². The molecule has 76 valence electrons. The second-order valence-corrected chi connectivity index (χ2v) is 3.26. The lowest BCUT2D eigenvalue weighted by Gasteiger charge is -2.37. The SMILES string of the molecule is CO[C@@H]1CN(C(C)=O)C[C@@H](O)[C@H]1O. The van der Waals surface area contributed by atoms with Crippen molar-refractivity contribution < 1.29 is 19.7 Å². The predicted octanol–water partition coefficient (Wildman–Crippen LogP) is -1.41. The van der Waals surface area contributed by atoms with Gasteiger partial charge in [0.25, 0.3) is 0 Å². The highest BCUT2D eigenvalue weighted by Crippen LogP contribution is 2.14. The van der Waals surface area contributed by atoms with Gasteiger partial charge >= 0.3 is 0 Å². The van der Waals surface area contributed by atoms with Crippen LogP contribution in [0.3, 0.4) is 0 Å². The molecule has 1 aliphatic rings. The number of likely N-dealkylation sites (tertiary alicyclic amines) is 1. The van der Waals surface area contributed by atoms with Gasteiger partial charge in [-0.3, -0.25) is 4.79 Å². The number of methoxy groups -OCH3 is 1. The van der Waals surface area contributed by atoms with Crippen LogP contribution in [0.4, 0.5) is 0 Å². The zero-order valence-electron chi connectivity index (χ0n) is 7.80. The van der Waals surface area contributed by atoms with Crippen LogP contribution in [0.1, 0.15) is 6.92 Å². The molecule has 1 saturated heterocycles. The van der Waals surface area contributed by atoms with Gasteiger partial charge in [0, 0.05) is 27.1 Å². The third-order valence-electron chi connectivity index (χ3n) is 2.33. The van der Waals surface area contributed by atoms with Crippen LogP contribution < -0.4 is 0 Å². The Morgan fingerprint density at radius 3 is 2.54 bits per heavy atom. The van der Waals surface area contributed by atoms with Crippen LogP contribution in [0.2, 0.25) is 0 Å². The molecule has 0 aromatic rings. The Hall–Kier alpha value is -0.650. The molecule has 1 aliphatic heterocycles. The van der Waals surface area contributed by atoms with E-state index >= 15 is 0 Å². The first kappa shape index (κ1) is 10.4. The number of aliphatic hydroxyl groups excluding tert-OH is 2. The molecule has 0 saturated carbocycles.